The minimum Gasteiger partial charge on any atom is -0.345 e. The number of carbonyl (C=O) groups excluding carboxylic acids is 1. The molecule has 0 saturated carbocycles. The second-order valence-electron chi connectivity index (χ2n) is 4.20. The molecule has 2 N–H and O–H groups in total. The minimum atomic E-state index is -3.03. The van der Waals surface area contributed by atoms with Crippen molar-refractivity contribution in [1.29, 1.82) is 0 Å². The first kappa shape index (κ1) is 14.8. The molecule has 0 radical (unpaired) electrons. The van der Waals surface area contributed by atoms with Crippen molar-refractivity contribution in [3.05, 3.63) is 0 Å². The zero-order valence-corrected chi connectivity index (χ0v) is 11.1. The van der Waals surface area contributed by atoms with Crippen molar-refractivity contribution in [2.45, 2.75) is 38.3 Å². The second-order valence-corrected chi connectivity index (χ2v) is 7.87. The van der Waals surface area contributed by atoms with Crippen LogP contribution < -0.4 is 0 Å². The average molecular weight is 257 g/mol. The highest BCUT2D eigenvalue weighted by atomic mass is 31.1. The number of rotatable bonds is 5. The van der Waals surface area contributed by atoms with Crippen molar-refractivity contribution in [3.8, 4) is 0 Å². The lowest BCUT2D eigenvalue weighted by Crippen LogP contribution is -2.51. The van der Waals surface area contributed by atoms with Crippen LogP contribution in [0.4, 0.5) is 0 Å². The van der Waals surface area contributed by atoms with Crippen LogP contribution in [-0.4, -0.2) is 31.7 Å². The van der Waals surface area contributed by atoms with E-state index in [1.807, 2.05) is 0 Å². The summed E-state index contributed by atoms with van der Waals surface area (Å²) >= 11 is 0. The monoisotopic (exact) mass is 257 g/mol. The van der Waals surface area contributed by atoms with Gasteiger partial charge in [-0.15, -0.1) is 0 Å². The largest absolute Gasteiger partial charge is 0.345 e. The second kappa shape index (κ2) is 4.79. The lowest BCUT2D eigenvalue weighted by Gasteiger charge is -2.42. The quantitative estimate of drug-likeness (QED) is 0.562. The first-order valence-electron chi connectivity index (χ1n) is 4.30. The van der Waals surface area contributed by atoms with Crippen LogP contribution in [0.5, 0.6) is 0 Å². The van der Waals surface area contributed by atoms with Crippen molar-refractivity contribution in [2.75, 3.05) is 0 Å². The number of hydrogen-bond acceptors (Lipinski definition) is 3. The van der Waals surface area contributed by atoms with Crippen LogP contribution in [0.1, 0.15) is 27.7 Å². The normalized spacial score (nSPS) is 16.9. The molecule has 15 heavy (non-hydrogen) atoms. The summed E-state index contributed by atoms with van der Waals surface area (Å²) in [5, 5.41) is -2.67. The summed E-state index contributed by atoms with van der Waals surface area (Å²) in [5.74, 6) is 0. The van der Waals surface area contributed by atoms with Crippen LogP contribution >= 0.6 is 16.1 Å². The van der Waals surface area contributed by atoms with E-state index in [0.717, 1.165) is 4.90 Å². The SMILES string of the molecule is CC(C)(N(C=O)C(C)(C)[PH](=O)O)[PH](=O)O. The van der Waals surface area contributed by atoms with Gasteiger partial charge in [0.15, 0.2) is 0 Å². The summed E-state index contributed by atoms with van der Waals surface area (Å²) in [5.41, 5.74) is 0. The highest BCUT2D eigenvalue weighted by molar-refractivity contribution is 7.41. The van der Waals surface area contributed by atoms with Gasteiger partial charge in [0, 0.05) is 0 Å². The van der Waals surface area contributed by atoms with Crippen molar-refractivity contribution < 1.29 is 23.7 Å². The fourth-order valence-corrected chi connectivity index (χ4v) is 2.36. The Kier molecular flexibility index (Phi) is 4.74. The third kappa shape index (κ3) is 2.91. The molecule has 0 aromatic carbocycles. The highest BCUT2D eigenvalue weighted by Crippen LogP contribution is 2.47. The Balaban J connectivity index is 5.35. The molecule has 0 aromatic rings. The lowest BCUT2D eigenvalue weighted by atomic mass is 10.2. The van der Waals surface area contributed by atoms with Crippen molar-refractivity contribution >= 4 is 22.5 Å². The van der Waals surface area contributed by atoms with E-state index in [4.69, 9.17) is 9.79 Å². The highest BCUT2D eigenvalue weighted by Gasteiger charge is 2.43. The maximum Gasteiger partial charge on any atom is 0.213 e. The molecule has 6 nitrogen and oxygen atoms in total. The van der Waals surface area contributed by atoms with E-state index in [1.54, 1.807) is 0 Å². The predicted octanol–water partition coefficient (Wildman–Crippen LogP) is 0.851. The third-order valence-corrected chi connectivity index (χ3v) is 4.93. The van der Waals surface area contributed by atoms with E-state index in [-0.39, 0.29) is 0 Å². The summed E-state index contributed by atoms with van der Waals surface area (Å²) in [6.45, 7) is 5.54. The van der Waals surface area contributed by atoms with Crippen LogP contribution in [0.2, 0.25) is 0 Å². The standard InChI is InChI=1S/C7H17NO5P2/c1-6(2,14(10)11)8(5-9)7(3,4)15(12)13/h5,14-15H,1-4H3,(H,10,11)(H,12,13). The van der Waals surface area contributed by atoms with E-state index in [2.05, 4.69) is 0 Å². The van der Waals surface area contributed by atoms with E-state index in [1.165, 1.54) is 27.7 Å². The van der Waals surface area contributed by atoms with Crippen LogP contribution in [0, 0.1) is 0 Å². The molecule has 1 amide bonds. The molecule has 0 heterocycles. The number of carbonyl (C=O) groups is 1. The summed E-state index contributed by atoms with van der Waals surface area (Å²) in [6, 6.07) is 0. The molecular formula is C7H17NO5P2. The van der Waals surface area contributed by atoms with E-state index in [9.17, 15) is 13.9 Å². The molecule has 2 atom stereocenters. The molecule has 0 saturated heterocycles. The van der Waals surface area contributed by atoms with E-state index < -0.39 is 26.6 Å². The molecule has 0 spiro atoms. The van der Waals surface area contributed by atoms with Gasteiger partial charge in [-0.2, -0.15) is 0 Å². The van der Waals surface area contributed by atoms with E-state index in [0.29, 0.717) is 6.41 Å². The average Bonchev–Trinajstić information content (AvgIpc) is 2.03. The molecule has 90 valence electrons. The first-order valence-corrected chi connectivity index (χ1v) is 7.01. The Morgan fingerprint density at radius 1 is 1.00 bits per heavy atom. The van der Waals surface area contributed by atoms with E-state index >= 15 is 0 Å². The fraction of sp³-hybridized carbons (Fsp3) is 0.857. The van der Waals surface area contributed by atoms with Crippen LogP contribution in [0.25, 0.3) is 0 Å². The maximum absolute atomic E-state index is 11.1. The van der Waals surface area contributed by atoms with Crippen molar-refractivity contribution in [3.63, 3.8) is 0 Å². The van der Waals surface area contributed by atoms with Gasteiger partial charge in [0.1, 0.15) is 10.6 Å². The van der Waals surface area contributed by atoms with Gasteiger partial charge in [-0.25, -0.2) is 0 Å². The Hall–Kier alpha value is -0.150. The van der Waals surface area contributed by atoms with Gasteiger partial charge < -0.3 is 14.7 Å². The molecule has 0 fully saturated rings. The molecule has 0 rings (SSSR count). The zero-order valence-electron chi connectivity index (χ0n) is 9.14. The summed E-state index contributed by atoms with van der Waals surface area (Å²) in [6.07, 6.45) is 0.331. The summed E-state index contributed by atoms with van der Waals surface area (Å²) in [7, 11) is -6.05. The van der Waals surface area contributed by atoms with Gasteiger partial charge in [-0.05, 0) is 27.7 Å². The summed E-state index contributed by atoms with van der Waals surface area (Å²) < 4.78 is 22.2. The van der Waals surface area contributed by atoms with Gasteiger partial charge in [0.2, 0.25) is 22.5 Å². The lowest BCUT2D eigenvalue weighted by molar-refractivity contribution is -0.124. The number of hydrogen-bond donors (Lipinski definition) is 2. The van der Waals surface area contributed by atoms with Gasteiger partial charge in [-0.3, -0.25) is 13.9 Å². The van der Waals surface area contributed by atoms with Crippen LogP contribution in [0.15, 0.2) is 0 Å². The molecule has 8 heteroatoms. The third-order valence-electron chi connectivity index (χ3n) is 2.36. The Morgan fingerprint density at radius 3 is 1.40 bits per heavy atom. The van der Waals surface area contributed by atoms with Crippen molar-refractivity contribution in [1.82, 2.24) is 4.90 Å². The minimum absolute atomic E-state index is 0.331. The van der Waals surface area contributed by atoms with Gasteiger partial charge >= 0.3 is 0 Å². The predicted molar refractivity (Wildman–Crippen MR) is 58.5 cm³/mol. The van der Waals surface area contributed by atoms with Gasteiger partial charge in [0.25, 0.3) is 0 Å². The topological polar surface area (TPSA) is 94.9 Å². The van der Waals surface area contributed by atoms with Crippen LogP contribution in [0.3, 0.4) is 0 Å². The molecule has 0 aliphatic rings. The first-order chi connectivity index (χ1) is 6.58. The molecule has 0 aromatic heterocycles. The fourth-order valence-electron chi connectivity index (χ4n) is 1.17. The molecule has 0 bridgehead atoms. The number of amides is 1. The Labute approximate surface area is 90.0 Å². The molecule has 2 unspecified atom stereocenters. The smallest absolute Gasteiger partial charge is 0.213 e. The number of nitrogens with zero attached hydrogens (tertiary/aromatic N) is 1. The maximum atomic E-state index is 11.1. The summed E-state index contributed by atoms with van der Waals surface area (Å²) in [4.78, 5) is 30.0. The van der Waals surface area contributed by atoms with Gasteiger partial charge in [0.05, 0.1) is 0 Å². The van der Waals surface area contributed by atoms with Gasteiger partial charge in [-0.1, -0.05) is 0 Å². The Bertz CT molecular complexity index is 276. The zero-order chi connectivity index (χ0) is 12.4. The molecule has 0 aliphatic heterocycles. The van der Waals surface area contributed by atoms with Crippen molar-refractivity contribution in [2.24, 2.45) is 0 Å². The Morgan fingerprint density at radius 2 is 1.27 bits per heavy atom. The van der Waals surface area contributed by atoms with Crippen LogP contribution in [-0.2, 0) is 13.9 Å². The molecule has 0 aliphatic carbocycles. The molecular weight excluding hydrogens is 240 g/mol.